The van der Waals surface area contributed by atoms with E-state index in [1.807, 2.05) is 37.3 Å². The van der Waals surface area contributed by atoms with E-state index in [2.05, 4.69) is 17.4 Å². The van der Waals surface area contributed by atoms with Gasteiger partial charge in [0.15, 0.2) is 6.61 Å². The molecule has 1 saturated heterocycles. The van der Waals surface area contributed by atoms with Crippen molar-refractivity contribution >= 4 is 35.1 Å². The van der Waals surface area contributed by atoms with Gasteiger partial charge >= 0.3 is 5.97 Å². The minimum absolute atomic E-state index is 0.175. The van der Waals surface area contributed by atoms with E-state index in [0.717, 1.165) is 18.4 Å². The Balaban J connectivity index is 1.18. The summed E-state index contributed by atoms with van der Waals surface area (Å²) in [7, 11) is 0. The number of rotatable bonds is 7. The highest BCUT2D eigenvalue weighted by molar-refractivity contribution is 6.22. The number of ether oxygens (including phenoxy) is 1. The number of hydrogen-bond donors (Lipinski definition) is 1. The summed E-state index contributed by atoms with van der Waals surface area (Å²) in [6.07, 6.45) is 3.12. The van der Waals surface area contributed by atoms with Gasteiger partial charge in [-0.3, -0.25) is 19.3 Å². The molecule has 3 aromatic carbocycles. The molecule has 194 valence electrons. The number of esters is 1. The molecule has 5 rings (SSSR count). The average molecular weight is 511 g/mol. The summed E-state index contributed by atoms with van der Waals surface area (Å²) in [4.78, 5) is 52.3. The van der Waals surface area contributed by atoms with Crippen LogP contribution in [-0.4, -0.2) is 30.3 Å². The highest BCUT2D eigenvalue weighted by atomic mass is 16.5. The van der Waals surface area contributed by atoms with Crippen molar-refractivity contribution < 1.29 is 23.9 Å². The zero-order valence-electron chi connectivity index (χ0n) is 21.3. The van der Waals surface area contributed by atoms with Gasteiger partial charge in [0.1, 0.15) is 0 Å². The van der Waals surface area contributed by atoms with Crippen molar-refractivity contribution in [2.45, 2.75) is 38.5 Å². The number of imide groups is 1. The van der Waals surface area contributed by atoms with Crippen LogP contribution in [0.4, 0.5) is 11.4 Å². The van der Waals surface area contributed by atoms with Crippen molar-refractivity contribution in [1.29, 1.82) is 0 Å². The van der Waals surface area contributed by atoms with E-state index in [1.54, 1.807) is 24.3 Å². The minimum atomic E-state index is -0.661. The third kappa shape index (κ3) is 5.23. The molecule has 0 spiro atoms. The van der Waals surface area contributed by atoms with Gasteiger partial charge in [-0.2, -0.15) is 0 Å². The first-order valence-electron chi connectivity index (χ1n) is 13.0. The van der Waals surface area contributed by atoms with Crippen LogP contribution in [0.2, 0.25) is 0 Å². The zero-order chi connectivity index (χ0) is 26.6. The van der Waals surface area contributed by atoms with Gasteiger partial charge in [0, 0.05) is 5.69 Å². The third-order valence-electron chi connectivity index (χ3n) is 7.54. The lowest BCUT2D eigenvalue weighted by Crippen LogP contribution is -2.30. The molecule has 1 saturated carbocycles. The second kappa shape index (κ2) is 11.0. The number of carbonyl (C=O) groups is 4. The second-order valence-electron chi connectivity index (χ2n) is 9.87. The Bertz CT molecular complexity index is 1330. The fraction of sp³-hybridized carbons (Fsp3) is 0.290. The summed E-state index contributed by atoms with van der Waals surface area (Å²) in [5, 5.41) is 2.70. The lowest BCUT2D eigenvalue weighted by Gasteiger charge is -2.28. The quantitative estimate of drug-likeness (QED) is 0.352. The molecule has 1 aliphatic carbocycles. The van der Waals surface area contributed by atoms with E-state index >= 15 is 0 Å². The summed E-state index contributed by atoms with van der Waals surface area (Å²) in [6, 6.07) is 23.8. The molecule has 0 bridgehead atoms. The predicted octanol–water partition coefficient (Wildman–Crippen LogP) is 5.12. The maximum absolute atomic E-state index is 13.3. The highest BCUT2D eigenvalue weighted by Gasteiger charge is 2.50. The molecule has 1 aliphatic heterocycles. The van der Waals surface area contributed by atoms with Gasteiger partial charge in [-0.05, 0) is 79.1 Å². The van der Waals surface area contributed by atoms with E-state index in [4.69, 9.17) is 4.74 Å². The summed E-state index contributed by atoms with van der Waals surface area (Å²) in [5.74, 6) is -1.83. The van der Waals surface area contributed by atoms with Crippen molar-refractivity contribution in [3.8, 4) is 0 Å². The normalized spacial score (nSPS) is 20.7. The Labute approximate surface area is 221 Å². The molecule has 2 fully saturated rings. The standard InChI is InChI=1S/C31H30N2O5/c1-2-20-8-13-24(14-9-20)32-28(34)19-38-31(37)22-10-15-25(16-11-22)33-29(35)26-17-12-23(18-27(26)30(33)36)21-6-4-3-5-7-21/h3-11,13-16,23,26-27H,2,12,17-19H2,1H3,(H,32,34)/t23-,26+,27+/m0/s1. The molecule has 38 heavy (non-hydrogen) atoms. The van der Waals surface area contributed by atoms with Crippen LogP contribution < -0.4 is 10.2 Å². The fourth-order valence-corrected chi connectivity index (χ4v) is 5.44. The van der Waals surface area contributed by atoms with Crippen molar-refractivity contribution in [1.82, 2.24) is 0 Å². The predicted molar refractivity (Wildman–Crippen MR) is 144 cm³/mol. The van der Waals surface area contributed by atoms with Gasteiger partial charge in [-0.25, -0.2) is 4.79 Å². The molecule has 0 radical (unpaired) electrons. The Morgan fingerprint density at radius 3 is 2.24 bits per heavy atom. The number of nitrogens with one attached hydrogen (secondary N) is 1. The van der Waals surface area contributed by atoms with Crippen molar-refractivity contribution in [2.24, 2.45) is 11.8 Å². The summed E-state index contributed by atoms with van der Waals surface area (Å²) in [5.41, 5.74) is 3.66. The van der Waals surface area contributed by atoms with Gasteiger partial charge in [-0.1, -0.05) is 49.4 Å². The van der Waals surface area contributed by atoms with E-state index in [-0.39, 0.29) is 35.1 Å². The lowest BCUT2D eigenvalue weighted by molar-refractivity contribution is -0.122. The van der Waals surface area contributed by atoms with Crippen LogP contribution in [0.15, 0.2) is 78.9 Å². The van der Waals surface area contributed by atoms with Gasteiger partial charge in [0.2, 0.25) is 11.8 Å². The average Bonchev–Trinajstić information content (AvgIpc) is 3.21. The molecule has 0 unspecified atom stereocenters. The van der Waals surface area contributed by atoms with Crippen molar-refractivity contribution in [3.05, 3.63) is 95.6 Å². The summed E-state index contributed by atoms with van der Waals surface area (Å²) < 4.78 is 5.15. The lowest BCUT2D eigenvalue weighted by atomic mass is 9.73. The first-order chi connectivity index (χ1) is 18.4. The molecule has 7 nitrogen and oxygen atoms in total. The molecule has 2 aliphatic rings. The second-order valence-corrected chi connectivity index (χ2v) is 9.87. The van der Waals surface area contributed by atoms with Crippen LogP contribution in [0, 0.1) is 11.8 Å². The van der Waals surface area contributed by atoms with Crippen LogP contribution in [-0.2, 0) is 25.5 Å². The van der Waals surface area contributed by atoms with E-state index < -0.39 is 18.5 Å². The van der Waals surface area contributed by atoms with Crippen LogP contribution in [0.5, 0.6) is 0 Å². The molecular formula is C31H30N2O5. The van der Waals surface area contributed by atoms with Crippen molar-refractivity contribution in [2.75, 3.05) is 16.8 Å². The number of fused-ring (bicyclic) bond motifs is 1. The highest BCUT2D eigenvalue weighted by Crippen LogP contribution is 2.45. The number of hydrogen-bond acceptors (Lipinski definition) is 5. The molecular weight excluding hydrogens is 480 g/mol. The first-order valence-corrected chi connectivity index (χ1v) is 13.0. The van der Waals surface area contributed by atoms with Gasteiger partial charge in [-0.15, -0.1) is 0 Å². The zero-order valence-corrected chi connectivity index (χ0v) is 21.3. The smallest absolute Gasteiger partial charge is 0.338 e. The minimum Gasteiger partial charge on any atom is -0.452 e. The van der Waals surface area contributed by atoms with E-state index in [0.29, 0.717) is 24.2 Å². The largest absolute Gasteiger partial charge is 0.452 e. The monoisotopic (exact) mass is 510 g/mol. The van der Waals surface area contributed by atoms with Crippen LogP contribution >= 0.6 is 0 Å². The molecule has 0 aromatic heterocycles. The Morgan fingerprint density at radius 2 is 1.55 bits per heavy atom. The van der Waals surface area contributed by atoms with E-state index in [9.17, 15) is 19.2 Å². The van der Waals surface area contributed by atoms with Crippen LogP contribution in [0.3, 0.4) is 0 Å². The Morgan fingerprint density at radius 1 is 0.868 bits per heavy atom. The third-order valence-corrected chi connectivity index (χ3v) is 7.54. The Kier molecular flexibility index (Phi) is 7.36. The SMILES string of the molecule is CCc1ccc(NC(=O)COC(=O)c2ccc(N3C(=O)[C@@H]4CC[C@H](c5ccccc5)C[C@H]4C3=O)cc2)cc1. The topological polar surface area (TPSA) is 92.8 Å². The number of anilines is 2. The van der Waals surface area contributed by atoms with Gasteiger partial charge < -0.3 is 10.1 Å². The van der Waals surface area contributed by atoms with Gasteiger partial charge in [0.25, 0.3) is 5.91 Å². The van der Waals surface area contributed by atoms with Crippen molar-refractivity contribution in [3.63, 3.8) is 0 Å². The number of carbonyl (C=O) groups excluding carboxylic acids is 4. The molecule has 1 N–H and O–H groups in total. The summed E-state index contributed by atoms with van der Waals surface area (Å²) >= 11 is 0. The number of benzene rings is 3. The Hall–Kier alpha value is -4.26. The maximum atomic E-state index is 13.3. The number of nitrogens with zero attached hydrogens (tertiary/aromatic N) is 1. The fourth-order valence-electron chi connectivity index (χ4n) is 5.44. The van der Waals surface area contributed by atoms with Crippen LogP contribution in [0.1, 0.15) is 53.6 Å². The van der Waals surface area contributed by atoms with E-state index in [1.165, 1.54) is 22.6 Å². The molecule has 1 heterocycles. The molecule has 7 heteroatoms. The van der Waals surface area contributed by atoms with Crippen LogP contribution in [0.25, 0.3) is 0 Å². The molecule has 3 atom stereocenters. The summed E-state index contributed by atoms with van der Waals surface area (Å²) in [6.45, 7) is 1.62. The number of amides is 3. The molecule has 3 aromatic rings. The van der Waals surface area contributed by atoms with Gasteiger partial charge in [0.05, 0.1) is 23.1 Å². The number of aryl methyl sites for hydroxylation is 1. The first kappa shape index (κ1) is 25.4. The maximum Gasteiger partial charge on any atom is 0.338 e. The molecule has 3 amide bonds.